The van der Waals surface area contributed by atoms with Crippen LogP contribution in [0.3, 0.4) is 0 Å². The van der Waals surface area contributed by atoms with Gasteiger partial charge in [-0.25, -0.2) is 0 Å². The Bertz CT molecular complexity index is 279. The molecule has 0 aromatic heterocycles. The Labute approximate surface area is 125 Å². The minimum atomic E-state index is -1.40. The number of nitrogens with two attached hydrogens (primary N) is 1. The molecule has 0 bridgehead atoms. The summed E-state index contributed by atoms with van der Waals surface area (Å²) in [7, 11) is 0. The number of hydrogen-bond acceptors (Lipinski definition) is 1. The van der Waals surface area contributed by atoms with Crippen LogP contribution in [0.5, 0.6) is 0 Å². The van der Waals surface area contributed by atoms with Crippen LogP contribution in [0.25, 0.3) is 0 Å². The van der Waals surface area contributed by atoms with E-state index in [0.29, 0.717) is 0 Å². The van der Waals surface area contributed by atoms with Gasteiger partial charge in [-0.2, -0.15) is 0 Å². The van der Waals surface area contributed by atoms with E-state index in [9.17, 15) is 0 Å². The predicted molar refractivity (Wildman–Crippen MR) is 99.3 cm³/mol. The quantitative estimate of drug-likeness (QED) is 0.191. The van der Waals surface area contributed by atoms with Crippen molar-refractivity contribution in [2.75, 3.05) is 0 Å². The molecular weight excluding hydrogens is 827 g/mol. The summed E-state index contributed by atoms with van der Waals surface area (Å²) >= 11 is 10.2. The first-order valence-corrected chi connectivity index (χ1v) is 47.2. The van der Waals surface area contributed by atoms with Gasteiger partial charge < -0.3 is 5.73 Å². The number of benzene rings is 1. The van der Waals surface area contributed by atoms with Crippen LogP contribution >= 0.6 is 71.0 Å². The predicted octanol–water partition coefficient (Wildman–Crippen LogP) is 4.13. The van der Waals surface area contributed by atoms with Gasteiger partial charge in [0.2, 0.25) is 0 Å². The number of nitrogens with one attached hydrogen (secondary N) is 1. The SMILES string of the molecule is N=C(N)c1ccccc1.[I][Pb]([I])([I])[I]. The number of halogens is 4. The molecule has 0 saturated heterocycles. The summed E-state index contributed by atoms with van der Waals surface area (Å²) in [6.07, 6.45) is 0. The van der Waals surface area contributed by atoms with Crippen molar-refractivity contribution in [3.63, 3.8) is 0 Å². The summed E-state index contributed by atoms with van der Waals surface area (Å²) in [5.74, 6) is 0.121. The van der Waals surface area contributed by atoms with Crippen molar-refractivity contribution in [1.82, 2.24) is 0 Å². The molecule has 1 aromatic carbocycles. The maximum atomic E-state index is 7.01. The number of hydrogen-bond donors (Lipinski definition) is 2. The molecule has 1 aromatic rings. The molecule has 0 aliphatic rings. The third-order valence-electron chi connectivity index (χ3n) is 1.08. The first kappa shape index (κ1) is 16.5. The Morgan fingerprint density at radius 3 is 1.64 bits per heavy atom. The van der Waals surface area contributed by atoms with Crippen LogP contribution in [0.2, 0.25) is 0 Å². The monoisotopic (exact) mass is 836 g/mol. The van der Waals surface area contributed by atoms with Gasteiger partial charge in [0.05, 0.1) is 0 Å². The first-order chi connectivity index (χ1) is 6.30. The van der Waals surface area contributed by atoms with Crippen molar-refractivity contribution in [3.8, 4) is 0 Å². The molecule has 78 valence electrons. The van der Waals surface area contributed by atoms with Crippen LogP contribution in [0.1, 0.15) is 5.56 Å². The van der Waals surface area contributed by atoms with Crippen molar-refractivity contribution in [2.24, 2.45) is 5.73 Å². The Hall–Kier alpha value is 2.53. The van der Waals surface area contributed by atoms with Gasteiger partial charge in [0.25, 0.3) is 0 Å². The summed E-state index contributed by atoms with van der Waals surface area (Å²) in [4.78, 5) is 0. The minimum absolute atomic E-state index is 0.121. The molecule has 0 aliphatic carbocycles. The molecule has 3 N–H and O–H groups in total. The molecule has 0 radical (unpaired) electrons. The number of nitrogen functional groups attached to an aromatic ring is 1. The van der Waals surface area contributed by atoms with E-state index in [-0.39, 0.29) is 5.84 Å². The summed E-state index contributed by atoms with van der Waals surface area (Å²) in [6.45, 7) is 0. The standard InChI is InChI=1S/C7H8N2.4HI.Pb/c8-7(9)6-4-2-1-3-5-6;;;;;/h1-5H,(H3,8,9);4*1H;/q;;;;;+4/p-4. The summed E-state index contributed by atoms with van der Waals surface area (Å²) in [5.41, 5.74) is 5.97. The van der Waals surface area contributed by atoms with Gasteiger partial charge in [0, 0.05) is 5.56 Å². The fourth-order valence-corrected chi connectivity index (χ4v) is 0.618. The number of amidine groups is 1. The molecule has 0 spiro atoms. The third-order valence-corrected chi connectivity index (χ3v) is 1.08. The van der Waals surface area contributed by atoms with Gasteiger partial charge in [-0.3, -0.25) is 5.41 Å². The van der Waals surface area contributed by atoms with Gasteiger partial charge in [-0.05, 0) is 0 Å². The van der Waals surface area contributed by atoms with Crippen LogP contribution in [0.15, 0.2) is 30.3 Å². The van der Waals surface area contributed by atoms with Crippen LogP contribution in [-0.4, -0.2) is 9.84 Å². The Kier molecular flexibility index (Phi) is 10.2. The van der Waals surface area contributed by atoms with E-state index in [4.69, 9.17) is 11.1 Å². The number of rotatable bonds is 1. The maximum absolute atomic E-state index is 7.01. The van der Waals surface area contributed by atoms with E-state index in [2.05, 4.69) is 71.0 Å². The van der Waals surface area contributed by atoms with Crippen LogP contribution in [0.4, 0.5) is 0 Å². The Morgan fingerprint density at radius 2 is 1.43 bits per heavy atom. The molecule has 0 heterocycles. The third kappa shape index (κ3) is 12.6. The van der Waals surface area contributed by atoms with E-state index >= 15 is 0 Å². The van der Waals surface area contributed by atoms with E-state index in [1.54, 1.807) is 0 Å². The first-order valence-electron chi connectivity index (χ1n) is 3.46. The van der Waals surface area contributed by atoms with E-state index in [1.165, 1.54) is 0 Å². The van der Waals surface area contributed by atoms with Gasteiger partial charge in [0.15, 0.2) is 0 Å². The zero-order valence-corrected chi connectivity index (χ0v) is 19.5. The molecular formula is C7H8I4N2Pb. The summed E-state index contributed by atoms with van der Waals surface area (Å²) in [6, 6.07) is 9.23. The molecule has 14 heavy (non-hydrogen) atoms. The van der Waals surface area contributed by atoms with Crippen LogP contribution < -0.4 is 5.73 Å². The summed E-state index contributed by atoms with van der Waals surface area (Å²) < 4.78 is -1.40. The molecule has 2 nitrogen and oxygen atoms in total. The molecule has 0 atom stereocenters. The topological polar surface area (TPSA) is 49.9 Å². The second kappa shape index (κ2) is 8.60. The second-order valence-corrected chi connectivity index (χ2v) is 171. The van der Waals surface area contributed by atoms with Gasteiger partial charge in [-0.15, -0.1) is 0 Å². The van der Waals surface area contributed by atoms with Gasteiger partial charge in [-0.1, -0.05) is 30.3 Å². The van der Waals surface area contributed by atoms with Crippen molar-refractivity contribution >= 4 is 80.9 Å². The molecule has 0 amide bonds. The van der Waals surface area contributed by atoms with Crippen molar-refractivity contribution in [2.45, 2.75) is 0 Å². The van der Waals surface area contributed by atoms with Crippen molar-refractivity contribution in [3.05, 3.63) is 35.9 Å². The normalized spacial score (nSPS) is 10.0. The van der Waals surface area contributed by atoms with Crippen LogP contribution in [-0.2, 0) is 0 Å². The zero-order valence-electron chi connectivity index (χ0n) is 6.98. The molecule has 0 unspecified atom stereocenters. The molecule has 0 aliphatic heterocycles. The van der Waals surface area contributed by atoms with Gasteiger partial charge >= 0.3 is 75.0 Å². The Morgan fingerprint density at radius 1 is 1.07 bits per heavy atom. The van der Waals surface area contributed by atoms with Crippen molar-refractivity contribution < 1.29 is 0 Å². The molecule has 7 heteroatoms. The van der Waals surface area contributed by atoms with E-state index < -0.39 is 4.00 Å². The van der Waals surface area contributed by atoms with E-state index in [0.717, 1.165) is 5.56 Å². The molecule has 0 saturated carbocycles. The van der Waals surface area contributed by atoms with Crippen LogP contribution in [0, 0.1) is 5.41 Å². The zero-order chi connectivity index (χ0) is 11.2. The Balaban J connectivity index is 0.000000292. The second-order valence-electron chi connectivity index (χ2n) is 2.21. The van der Waals surface area contributed by atoms with E-state index in [1.807, 2.05) is 30.3 Å². The average molecular weight is 835 g/mol. The van der Waals surface area contributed by atoms with Crippen molar-refractivity contribution in [1.29, 1.82) is 5.41 Å². The molecule has 1 rings (SSSR count). The summed E-state index contributed by atoms with van der Waals surface area (Å²) in [5, 5.41) is 7.01. The molecule has 0 fully saturated rings. The fraction of sp³-hybridized carbons (Fsp3) is 0. The fourth-order valence-electron chi connectivity index (χ4n) is 0.618. The average Bonchev–Trinajstić information content (AvgIpc) is 2.03. The van der Waals surface area contributed by atoms with Gasteiger partial charge in [0.1, 0.15) is 5.84 Å².